The van der Waals surface area contributed by atoms with Gasteiger partial charge in [0.1, 0.15) is 0 Å². The molecular formula is C7H11N3OS. The van der Waals surface area contributed by atoms with Gasteiger partial charge >= 0.3 is 0 Å². The van der Waals surface area contributed by atoms with Crippen LogP contribution >= 0.6 is 11.8 Å². The molecule has 0 aromatic carbocycles. The summed E-state index contributed by atoms with van der Waals surface area (Å²) < 4.78 is 5.37. The van der Waals surface area contributed by atoms with E-state index in [1.165, 1.54) is 11.8 Å². The number of aromatic nitrogens is 2. The number of rotatable bonds is 2. The van der Waals surface area contributed by atoms with Crippen LogP contribution in [0.25, 0.3) is 0 Å². The molecular weight excluding hydrogens is 174 g/mol. The molecule has 0 unspecified atom stereocenters. The molecule has 1 fully saturated rings. The maximum absolute atomic E-state index is 5.65. The van der Waals surface area contributed by atoms with Gasteiger partial charge in [0.15, 0.2) is 0 Å². The first-order valence-electron chi connectivity index (χ1n) is 3.92. The van der Waals surface area contributed by atoms with E-state index >= 15 is 0 Å². The van der Waals surface area contributed by atoms with Gasteiger partial charge in [0.05, 0.1) is 0 Å². The molecule has 0 atom stereocenters. The van der Waals surface area contributed by atoms with Gasteiger partial charge in [0, 0.05) is 12.0 Å². The van der Waals surface area contributed by atoms with Crippen molar-refractivity contribution >= 4 is 11.8 Å². The molecule has 12 heavy (non-hydrogen) atoms. The third-order valence-corrected chi connectivity index (χ3v) is 2.63. The Morgan fingerprint density at radius 2 is 2.25 bits per heavy atom. The zero-order valence-corrected chi connectivity index (χ0v) is 7.67. The molecule has 2 N–H and O–H groups in total. The highest BCUT2D eigenvalue weighted by Crippen LogP contribution is 2.35. The maximum Gasteiger partial charge on any atom is 0.276 e. The Kier molecular flexibility index (Phi) is 2.06. The summed E-state index contributed by atoms with van der Waals surface area (Å²) in [6.45, 7) is 0. The van der Waals surface area contributed by atoms with Gasteiger partial charge < -0.3 is 10.2 Å². The van der Waals surface area contributed by atoms with E-state index in [4.69, 9.17) is 10.2 Å². The molecule has 0 saturated heterocycles. The Hall–Kier alpha value is -0.550. The van der Waals surface area contributed by atoms with Crippen LogP contribution in [0.15, 0.2) is 9.64 Å². The highest BCUT2D eigenvalue weighted by molar-refractivity contribution is 7.98. The van der Waals surface area contributed by atoms with E-state index in [0.717, 1.165) is 18.7 Å². The molecule has 1 saturated carbocycles. The number of nitrogens with zero attached hydrogens (tertiary/aromatic N) is 2. The van der Waals surface area contributed by atoms with E-state index in [2.05, 4.69) is 10.2 Å². The molecule has 1 aliphatic carbocycles. The van der Waals surface area contributed by atoms with Crippen LogP contribution in [-0.2, 0) is 0 Å². The largest absolute Gasteiger partial charge is 0.416 e. The van der Waals surface area contributed by atoms with Crippen molar-refractivity contribution in [2.45, 2.75) is 30.0 Å². The molecule has 0 amide bonds. The average Bonchev–Trinajstić information content (AvgIpc) is 2.46. The fraction of sp³-hybridized carbons (Fsp3) is 0.714. The Morgan fingerprint density at radius 1 is 1.50 bits per heavy atom. The molecule has 1 aromatic rings. The van der Waals surface area contributed by atoms with E-state index in [-0.39, 0.29) is 0 Å². The van der Waals surface area contributed by atoms with Crippen molar-refractivity contribution in [1.29, 1.82) is 0 Å². The highest BCUT2D eigenvalue weighted by atomic mass is 32.2. The van der Waals surface area contributed by atoms with Gasteiger partial charge in [-0.2, -0.15) is 0 Å². The van der Waals surface area contributed by atoms with Crippen LogP contribution in [0.2, 0.25) is 0 Å². The highest BCUT2D eigenvalue weighted by Gasteiger charge is 2.31. The fourth-order valence-electron chi connectivity index (χ4n) is 1.33. The molecule has 4 nitrogen and oxygen atoms in total. The van der Waals surface area contributed by atoms with Crippen LogP contribution in [0, 0.1) is 0 Å². The molecule has 0 spiro atoms. The smallest absolute Gasteiger partial charge is 0.276 e. The minimum Gasteiger partial charge on any atom is -0.416 e. The molecule has 1 aromatic heterocycles. The monoisotopic (exact) mass is 185 g/mol. The van der Waals surface area contributed by atoms with Crippen LogP contribution in [0.4, 0.5) is 0 Å². The lowest BCUT2D eigenvalue weighted by Gasteiger charge is -2.29. The molecule has 0 aliphatic heterocycles. The van der Waals surface area contributed by atoms with E-state index in [0.29, 0.717) is 17.2 Å². The number of hydrogen-bond acceptors (Lipinski definition) is 5. The second-order valence-electron chi connectivity index (χ2n) is 3.04. The first kappa shape index (κ1) is 8.07. The van der Waals surface area contributed by atoms with Gasteiger partial charge in [-0.3, -0.25) is 0 Å². The van der Waals surface area contributed by atoms with Crippen molar-refractivity contribution in [1.82, 2.24) is 10.2 Å². The first-order valence-corrected chi connectivity index (χ1v) is 5.15. The van der Waals surface area contributed by atoms with E-state index < -0.39 is 0 Å². The third kappa shape index (κ3) is 1.34. The lowest BCUT2D eigenvalue weighted by Crippen LogP contribution is -2.34. The van der Waals surface area contributed by atoms with Crippen molar-refractivity contribution in [2.24, 2.45) is 5.73 Å². The zero-order chi connectivity index (χ0) is 8.55. The van der Waals surface area contributed by atoms with Crippen molar-refractivity contribution in [3.63, 3.8) is 0 Å². The maximum atomic E-state index is 5.65. The van der Waals surface area contributed by atoms with Gasteiger partial charge in [-0.1, -0.05) is 11.8 Å². The van der Waals surface area contributed by atoms with Gasteiger partial charge in [-0.25, -0.2) is 0 Å². The lowest BCUT2D eigenvalue weighted by molar-refractivity contribution is 0.277. The first-order chi connectivity index (χ1) is 5.79. The minimum absolute atomic E-state index is 0.333. The fourth-order valence-corrected chi connectivity index (χ4v) is 1.62. The Morgan fingerprint density at radius 3 is 2.75 bits per heavy atom. The van der Waals surface area contributed by atoms with Crippen LogP contribution in [-0.4, -0.2) is 22.5 Å². The summed E-state index contributed by atoms with van der Waals surface area (Å²) in [6, 6.07) is 0.333. The minimum atomic E-state index is 0.333. The summed E-state index contributed by atoms with van der Waals surface area (Å²) in [6.07, 6.45) is 3.88. The quantitative estimate of drug-likeness (QED) is 0.696. The molecule has 1 aliphatic rings. The summed E-state index contributed by atoms with van der Waals surface area (Å²) in [5.41, 5.74) is 5.65. The van der Waals surface area contributed by atoms with Gasteiger partial charge in [0.25, 0.3) is 5.22 Å². The Balaban J connectivity index is 2.04. The molecule has 5 heteroatoms. The standard InChI is InChI=1S/C7H11N3OS/c1-12-7-10-9-6(11-7)4-2-5(8)3-4/h4-5H,2-3,8H2,1H3. The summed E-state index contributed by atoms with van der Waals surface area (Å²) in [5.74, 6) is 1.16. The van der Waals surface area contributed by atoms with Crippen molar-refractivity contribution < 1.29 is 4.42 Å². The van der Waals surface area contributed by atoms with Crippen LogP contribution in [0.1, 0.15) is 24.7 Å². The summed E-state index contributed by atoms with van der Waals surface area (Å²) in [7, 11) is 0. The van der Waals surface area contributed by atoms with Gasteiger partial charge in [-0.05, 0) is 19.1 Å². The molecule has 0 radical (unpaired) electrons. The van der Waals surface area contributed by atoms with Crippen LogP contribution in [0.5, 0.6) is 0 Å². The Labute approximate surface area is 74.9 Å². The molecule has 2 rings (SSSR count). The SMILES string of the molecule is CSc1nnc(C2CC(N)C2)o1. The predicted molar refractivity (Wildman–Crippen MR) is 46.0 cm³/mol. The van der Waals surface area contributed by atoms with Crippen LogP contribution < -0.4 is 5.73 Å². The lowest BCUT2D eigenvalue weighted by atomic mass is 9.81. The normalized spacial score (nSPS) is 28.5. The van der Waals surface area contributed by atoms with E-state index in [1.807, 2.05) is 6.26 Å². The van der Waals surface area contributed by atoms with Crippen molar-refractivity contribution in [3.8, 4) is 0 Å². The van der Waals surface area contributed by atoms with Crippen LogP contribution in [0.3, 0.4) is 0 Å². The molecule has 1 heterocycles. The molecule has 0 bridgehead atoms. The number of nitrogens with two attached hydrogens (primary N) is 1. The summed E-state index contributed by atoms with van der Waals surface area (Å²) >= 11 is 1.47. The molecule has 66 valence electrons. The second kappa shape index (κ2) is 3.06. The van der Waals surface area contributed by atoms with E-state index in [9.17, 15) is 0 Å². The number of thioether (sulfide) groups is 1. The third-order valence-electron chi connectivity index (χ3n) is 2.12. The summed E-state index contributed by atoms with van der Waals surface area (Å²) in [5, 5.41) is 8.46. The Bertz CT molecular complexity index is 269. The van der Waals surface area contributed by atoms with Crippen molar-refractivity contribution in [3.05, 3.63) is 5.89 Å². The topological polar surface area (TPSA) is 64.9 Å². The summed E-state index contributed by atoms with van der Waals surface area (Å²) in [4.78, 5) is 0. The van der Waals surface area contributed by atoms with E-state index in [1.54, 1.807) is 0 Å². The van der Waals surface area contributed by atoms with Gasteiger partial charge in [0.2, 0.25) is 5.89 Å². The second-order valence-corrected chi connectivity index (χ2v) is 3.80. The zero-order valence-electron chi connectivity index (χ0n) is 6.86. The van der Waals surface area contributed by atoms with Crippen molar-refractivity contribution in [2.75, 3.05) is 6.26 Å². The van der Waals surface area contributed by atoms with Gasteiger partial charge in [-0.15, -0.1) is 10.2 Å². The average molecular weight is 185 g/mol. The number of hydrogen-bond donors (Lipinski definition) is 1. The predicted octanol–water partition coefficient (Wildman–Crippen LogP) is 0.996.